The summed E-state index contributed by atoms with van der Waals surface area (Å²) < 4.78 is 14.6. The van der Waals surface area contributed by atoms with Crippen molar-refractivity contribution in [1.29, 1.82) is 0 Å². The number of hydrogen-bond donors (Lipinski definition) is 1. The molecule has 0 saturated heterocycles. The highest BCUT2D eigenvalue weighted by molar-refractivity contribution is 9.10. The van der Waals surface area contributed by atoms with Crippen molar-refractivity contribution in [3.05, 3.63) is 61.7 Å². The molecule has 0 aromatic heterocycles. The molecule has 0 aliphatic heterocycles. The van der Waals surface area contributed by atoms with Gasteiger partial charge in [-0.05, 0) is 35.9 Å². The monoisotopic (exact) mass is 391 g/mol. The van der Waals surface area contributed by atoms with Gasteiger partial charge in [0, 0.05) is 15.5 Å². The van der Waals surface area contributed by atoms with Gasteiger partial charge in [0.05, 0.1) is 10.7 Å². The molecule has 0 aliphatic carbocycles. The maximum Gasteiger partial charge on any atom is 0.124 e. The molecule has 94 valence electrons. The lowest BCUT2D eigenvalue weighted by Gasteiger charge is -2.10. The lowest BCUT2D eigenvalue weighted by molar-refractivity contribution is 0.626. The zero-order valence-electron chi connectivity index (χ0n) is 9.18. The van der Waals surface area contributed by atoms with Crippen molar-refractivity contribution < 1.29 is 4.39 Å². The van der Waals surface area contributed by atoms with Gasteiger partial charge in [-0.2, -0.15) is 0 Å². The Hall–Kier alpha value is -0.580. The number of rotatable bonds is 3. The molecule has 0 atom stereocenters. The molecule has 0 amide bonds. The van der Waals surface area contributed by atoms with Crippen LogP contribution in [0.1, 0.15) is 5.56 Å². The summed E-state index contributed by atoms with van der Waals surface area (Å²) in [5.41, 5.74) is 1.80. The van der Waals surface area contributed by atoms with Crippen LogP contribution in [-0.2, 0) is 6.54 Å². The van der Waals surface area contributed by atoms with Crippen LogP contribution < -0.4 is 5.32 Å². The zero-order chi connectivity index (χ0) is 13.1. The average molecular weight is 393 g/mol. The van der Waals surface area contributed by atoms with Gasteiger partial charge in [0.15, 0.2) is 0 Å². The normalized spacial score (nSPS) is 10.4. The fourth-order valence-electron chi connectivity index (χ4n) is 1.49. The maximum atomic E-state index is 13.0. The molecule has 0 spiro atoms. The summed E-state index contributed by atoms with van der Waals surface area (Å²) in [7, 11) is 0. The van der Waals surface area contributed by atoms with E-state index in [1.807, 2.05) is 18.2 Å². The largest absolute Gasteiger partial charge is 0.380 e. The summed E-state index contributed by atoms with van der Waals surface area (Å²) in [6.07, 6.45) is 0. The minimum atomic E-state index is -0.258. The molecular formula is C13H9Br2ClFN. The second-order valence-corrected chi connectivity index (χ2v) is 5.89. The first-order valence-electron chi connectivity index (χ1n) is 5.19. The molecule has 5 heteroatoms. The summed E-state index contributed by atoms with van der Waals surface area (Å²) in [5, 5.41) is 3.87. The van der Waals surface area contributed by atoms with Crippen molar-refractivity contribution >= 4 is 49.1 Å². The Morgan fingerprint density at radius 1 is 1.11 bits per heavy atom. The summed E-state index contributed by atoms with van der Waals surface area (Å²) in [5.74, 6) is -0.258. The average Bonchev–Trinajstić information content (AvgIpc) is 2.32. The minimum absolute atomic E-state index is 0.258. The van der Waals surface area contributed by atoms with E-state index in [0.29, 0.717) is 11.6 Å². The molecule has 2 aromatic rings. The van der Waals surface area contributed by atoms with E-state index in [2.05, 4.69) is 37.2 Å². The number of nitrogens with one attached hydrogen (secondary N) is 1. The summed E-state index contributed by atoms with van der Waals surface area (Å²) in [4.78, 5) is 0. The Labute approximate surface area is 127 Å². The number of halogens is 4. The highest BCUT2D eigenvalue weighted by atomic mass is 79.9. The van der Waals surface area contributed by atoms with Gasteiger partial charge in [-0.3, -0.25) is 0 Å². The van der Waals surface area contributed by atoms with Crippen molar-refractivity contribution in [2.24, 2.45) is 0 Å². The van der Waals surface area contributed by atoms with Crippen molar-refractivity contribution in [3.8, 4) is 0 Å². The lowest BCUT2D eigenvalue weighted by Crippen LogP contribution is -2.01. The van der Waals surface area contributed by atoms with Crippen LogP contribution >= 0.6 is 43.5 Å². The van der Waals surface area contributed by atoms with Crippen molar-refractivity contribution in [3.63, 3.8) is 0 Å². The Balaban J connectivity index is 2.13. The third-order valence-electron chi connectivity index (χ3n) is 2.41. The van der Waals surface area contributed by atoms with Gasteiger partial charge in [0.1, 0.15) is 5.82 Å². The highest BCUT2D eigenvalue weighted by Crippen LogP contribution is 2.27. The van der Waals surface area contributed by atoms with E-state index in [9.17, 15) is 4.39 Å². The van der Waals surface area contributed by atoms with Crippen LogP contribution in [0.2, 0.25) is 5.02 Å². The molecule has 0 saturated carbocycles. The molecule has 1 nitrogen and oxygen atoms in total. The van der Waals surface area contributed by atoms with E-state index < -0.39 is 0 Å². The van der Waals surface area contributed by atoms with Gasteiger partial charge < -0.3 is 5.32 Å². The van der Waals surface area contributed by atoms with Crippen LogP contribution in [0, 0.1) is 5.82 Å². The van der Waals surface area contributed by atoms with E-state index in [1.165, 1.54) is 12.1 Å². The summed E-state index contributed by atoms with van der Waals surface area (Å²) in [6.45, 7) is 0.567. The van der Waals surface area contributed by atoms with Gasteiger partial charge in [0.25, 0.3) is 0 Å². The van der Waals surface area contributed by atoms with Gasteiger partial charge >= 0.3 is 0 Å². The van der Waals surface area contributed by atoms with Gasteiger partial charge in [-0.1, -0.05) is 49.5 Å². The highest BCUT2D eigenvalue weighted by Gasteiger charge is 2.04. The fraction of sp³-hybridized carbons (Fsp3) is 0.0769. The van der Waals surface area contributed by atoms with Crippen molar-refractivity contribution in [2.75, 3.05) is 5.32 Å². The topological polar surface area (TPSA) is 12.0 Å². The quantitative estimate of drug-likeness (QED) is 0.714. The molecule has 0 unspecified atom stereocenters. The zero-order valence-corrected chi connectivity index (χ0v) is 13.1. The standard InChI is InChI=1S/C13H9Br2ClFN/c14-9-2-4-12(16)13(5-9)18-7-8-1-3-10(17)6-11(8)15/h1-6,18H,7H2. The predicted molar refractivity (Wildman–Crippen MR) is 80.6 cm³/mol. The van der Waals surface area contributed by atoms with Crippen molar-refractivity contribution in [2.45, 2.75) is 6.54 Å². The van der Waals surface area contributed by atoms with E-state index in [4.69, 9.17) is 11.6 Å². The van der Waals surface area contributed by atoms with Crippen LogP contribution in [0.5, 0.6) is 0 Å². The van der Waals surface area contributed by atoms with Gasteiger partial charge in [-0.25, -0.2) is 4.39 Å². The maximum absolute atomic E-state index is 13.0. The number of benzene rings is 2. The van der Waals surface area contributed by atoms with Gasteiger partial charge in [0.2, 0.25) is 0 Å². The third kappa shape index (κ3) is 3.46. The second kappa shape index (κ2) is 6.04. The molecule has 2 rings (SSSR count). The summed E-state index contributed by atoms with van der Waals surface area (Å²) in [6, 6.07) is 10.2. The second-order valence-electron chi connectivity index (χ2n) is 3.71. The predicted octanol–water partition coefficient (Wildman–Crippen LogP) is 5.62. The van der Waals surface area contributed by atoms with Crippen LogP contribution in [0.15, 0.2) is 45.3 Å². The summed E-state index contributed by atoms with van der Waals surface area (Å²) >= 11 is 12.8. The molecule has 0 heterocycles. The molecular weight excluding hydrogens is 384 g/mol. The first kappa shape index (κ1) is 13.8. The molecule has 1 N–H and O–H groups in total. The minimum Gasteiger partial charge on any atom is -0.380 e. The van der Waals surface area contributed by atoms with E-state index >= 15 is 0 Å². The Morgan fingerprint density at radius 3 is 2.61 bits per heavy atom. The van der Waals surface area contributed by atoms with Gasteiger partial charge in [-0.15, -0.1) is 0 Å². The smallest absolute Gasteiger partial charge is 0.124 e. The van der Waals surface area contributed by atoms with Crippen LogP contribution in [0.25, 0.3) is 0 Å². The van der Waals surface area contributed by atoms with Crippen molar-refractivity contribution in [1.82, 2.24) is 0 Å². The third-order valence-corrected chi connectivity index (χ3v) is 3.97. The van der Waals surface area contributed by atoms with E-state index in [1.54, 1.807) is 6.07 Å². The number of anilines is 1. The first-order chi connectivity index (χ1) is 8.56. The molecule has 18 heavy (non-hydrogen) atoms. The number of hydrogen-bond acceptors (Lipinski definition) is 1. The molecule has 0 bridgehead atoms. The van der Waals surface area contributed by atoms with E-state index in [0.717, 1.165) is 20.2 Å². The van der Waals surface area contributed by atoms with Crippen LogP contribution in [0.3, 0.4) is 0 Å². The molecule has 0 aliphatic rings. The molecule has 0 radical (unpaired) electrons. The first-order valence-corrected chi connectivity index (χ1v) is 7.15. The fourth-order valence-corrected chi connectivity index (χ4v) is 2.52. The molecule has 2 aromatic carbocycles. The Morgan fingerprint density at radius 2 is 1.89 bits per heavy atom. The van der Waals surface area contributed by atoms with Crippen LogP contribution in [0.4, 0.5) is 10.1 Å². The Bertz CT molecular complexity index is 575. The Kier molecular flexibility index (Phi) is 4.65. The van der Waals surface area contributed by atoms with E-state index in [-0.39, 0.29) is 5.82 Å². The molecule has 0 fully saturated rings. The van der Waals surface area contributed by atoms with Crippen LogP contribution in [-0.4, -0.2) is 0 Å². The SMILES string of the molecule is Fc1ccc(CNc2cc(Br)ccc2Cl)c(Br)c1. The lowest BCUT2D eigenvalue weighted by atomic mass is 10.2.